The Bertz CT molecular complexity index is 310. The van der Waals surface area contributed by atoms with Gasteiger partial charge in [-0.1, -0.05) is 83.2 Å². The third-order valence-electron chi connectivity index (χ3n) is 3.42. The zero-order valence-corrected chi connectivity index (χ0v) is 18.0. The summed E-state index contributed by atoms with van der Waals surface area (Å²) < 4.78 is 18.2. The van der Waals surface area contributed by atoms with Crippen molar-refractivity contribution in [3.8, 4) is 0 Å². The van der Waals surface area contributed by atoms with Crippen LogP contribution in [0.15, 0.2) is 11.5 Å². The molecule has 0 bridgehead atoms. The van der Waals surface area contributed by atoms with E-state index in [1.165, 1.54) is 74.1 Å². The van der Waals surface area contributed by atoms with Gasteiger partial charge >= 0.3 is 5.77 Å². The fourth-order valence-electron chi connectivity index (χ4n) is 2.09. The second kappa shape index (κ2) is 17.5. The van der Waals surface area contributed by atoms with E-state index in [2.05, 4.69) is 26.8 Å². The van der Waals surface area contributed by atoms with Gasteiger partial charge in [-0.25, -0.2) is 0 Å². The molecule has 0 aliphatic heterocycles. The van der Waals surface area contributed by atoms with Crippen molar-refractivity contribution >= 4 is 28.5 Å². The van der Waals surface area contributed by atoms with Crippen molar-refractivity contribution in [2.75, 3.05) is 12.4 Å². The van der Waals surface area contributed by atoms with Crippen LogP contribution in [0.2, 0.25) is 0 Å². The van der Waals surface area contributed by atoms with E-state index in [0.717, 1.165) is 25.0 Å². The summed E-state index contributed by atoms with van der Waals surface area (Å²) in [5.41, 5.74) is 0. The number of allylic oxidation sites excluding steroid dienone is 1. The summed E-state index contributed by atoms with van der Waals surface area (Å²) in [5, 5.41) is 2.00. The Morgan fingerprint density at radius 3 is 2.13 bits per heavy atom. The number of unbranched alkanes of at least 4 members (excludes halogenated alkanes) is 8. The average Bonchev–Trinajstić information content (AvgIpc) is 2.56. The number of hydrogen-bond donors (Lipinski definition) is 0. The van der Waals surface area contributed by atoms with Gasteiger partial charge in [0.1, 0.15) is 0 Å². The van der Waals surface area contributed by atoms with Gasteiger partial charge in [0.15, 0.2) is 0 Å². The van der Waals surface area contributed by atoms with E-state index in [9.17, 15) is 4.57 Å². The molecule has 0 N–H and O–H groups in total. The Hall–Kier alpha value is 0.630. The second-order valence-corrected chi connectivity index (χ2v) is 13.1. The van der Waals surface area contributed by atoms with Gasteiger partial charge < -0.3 is 4.52 Å². The standard InChI is InChI=1S/C18H37O2PS2/c1-4-7-8-9-10-11-12-13-14-15-18-23-21(19,20-16-5-2)22-17-6-3/h15,18H,4-14,16-17H2,1-3H3/b18-15+. The van der Waals surface area contributed by atoms with E-state index in [1.54, 1.807) is 0 Å². The van der Waals surface area contributed by atoms with Gasteiger partial charge in [-0.3, -0.25) is 4.57 Å². The number of rotatable bonds is 17. The third-order valence-corrected chi connectivity index (χ3v) is 10.4. The molecule has 0 amide bonds. The van der Waals surface area contributed by atoms with Crippen LogP contribution in [-0.4, -0.2) is 12.4 Å². The molecule has 0 rings (SSSR count). The van der Waals surface area contributed by atoms with Crippen LogP contribution in [0.3, 0.4) is 0 Å². The molecule has 0 spiro atoms. The van der Waals surface area contributed by atoms with Gasteiger partial charge in [0.05, 0.1) is 6.61 Å². The lowest BCUT2D eigenvalue weighted by atomic mass is 10.1. The topological polar surface area (TPSA) is 26.3 Å². The lowest BCUT2D eigenvalue weighted by Gasteiger charge is -2.14. The summed E-state index contributed by atoms with van der Waals surface area (Å²) in [7, 11) is 0. The monoisotopic (exact) mass is 380 g/mol. The van der Waals surface area contributed by atoms with Crippen LogP contribution in [0.5, 0.6) is 0 Å². The molecule has 2 nitrogen and oxygen atoms in total. The Kier molecular flexibility index (Phi) is 17.9. The predicted molar refractivity (Wildman–Crippen MR) is 111 cm³/mol. The zero-order chi connectivity index (χ0) is 17.2. The van der Waals surface area contributed by atoms with Gasteiger partial charge in [0.25, 0.3) is 0 Å². The van der Waals surface area contributed by atoms with Crippen LogP contribution in [0.4, 0.5) is 0 Å². The molecular weight excluding hydrogens is 343 g/mol. The van der Waals surface area contributed by atoms with Crippen molar-refractivity contribution in [2.24, 2.45) is 0 Å². The summed E-state index contributed by atoms with van der Waals surface area (Å²) >= 11 is 2.89. The van der Waals surface area contributed by atoms with Gasteiger partial charge in [0.2, 0.25) is 0 Å². The molecule has 5 heteroatoms. The normalized spacial score (nSPS) is 14.4. The summed E-state index contributed by atoms with van der Waals surface area (Å²) in [6, 6.07) is 0. The van der Waals surface area contributed by atoms with E-state index in [4.69, 9.17) is 4.52 Å². The van der Waals surface area contributed by atoms with Crippen LogP contribution in [0.25, 0.3) is 0 Å². The van der Waals surface area contributed by atoms with Crippen molar-refractivity contribution in [1.29, 1.82) is 0 Å². The predicted octanol–water partition coefficient (Wildman–Crippen LogP) is 8.44. The van der Waals surface area contributed by atoms with Crippen molar-refractivity contribution < 1.29 is 9.09 Å². The first-order valence-corrected chi connectivity index (χ1v) is 14.1. The molecule has 0 aromatic carbocycles. The molecule has 138 valence electrons. The summed E-state index contributed by atoms with van der Waals surface area (Å²) in [5.74, 6) is -1.68. The van der Waals surface area contributed by atoms with E-state index in [-0.39, 0.29) is 0 Å². The van der Waals surface area contributed by atoms with Crippen molar-refractivity contribution in [1.82, 2.24) is 0 Å². The smallest absolute Gasteiger partial charge is 0.313 e. The lowest BCUT2D eigenvalue weighted by Crippen LogP contribution is -1.87. The third kappa shape index (κ3) is 15.9. The quantitative estimate of drug-likeness (QED) is 0.187. The minimum atomic E-state index is -2.58. The fourth-order valence-corrected chi connectivity index (χ4v) is 8.09. The van der Waals surface area contributed by atoms with E-state index >= 15 is 0 Å². The molecule has 0 radical (unpaired) electrons. The Morgan fingerprint density at radius 1 is 0.870 bits per heavy atom. The van der Waals surface area contributed by atoms with Crippen LogP contribution in [0.1, 0.15) is 91.4 Å². The first kappa shape index (κ1) is 23.6. The fraction of sp³-hybridized carbons (Fsp3) is 0.889. The van der Waals surface area contributed by atoms with E-state index in [0.29, 0.717) is 6.61 Å². The zero-order valence-electron chi connectivity index (χ0n) is 15.4. The Labute approximate surface area is 152 Å². The largest absolute Gasteiger partial charge is 0.317 e. The van der Waals surface area contributed by atoms with E-state index < -0.39 is 5.77 Å². The molecule has 0 saturated carbocycles. The van der Waals surface area contributed by atoms with E-state index in [1.807, 2.05) is 5.41 Å². The maximum atomic E-state index is 12.6. The highest BCUT2D eigenvalue weighted by Crippen LogP contribution is 2.70. The molecule has 0 aromatic rings. The van der Waals surface area contributed by atoms with Crippen LogP contribution in [0, 0.1) is 0 Å². The second-order valence-electron chi connectivity index (χ2n) is 5.85. The summed E-state index contributed by atoms with van der Waals surface area (Å²) in [6.07, 6.45) is 16.0. The Morgan fingerprint density at radius 2 is 1.52 bits per heavy atom. The van der Waals surface area contributed by atoms with Crippen molar-refractivity contribution in [2.45, 2.75) is 91.4 Å². The highest BCUT2D eigenvalue weighted by atomic mass is 33.1. The maximum absolute atomic E-state index is 12.6. The molecule has 0 fully saturated rings. The highest BCUT2D eigenvalue weighted by molar-refractivity contribution is 8.89. The minimum absolute atomic E-state index is 0.590. The number of hydrogen-bond acceptors (Lipinski definition) is 4. The summed E-state index contributed by atoms with van der Waals surface area (Å²) in [6.45, 7) is 7.02. The molecule has 23 heavy (non-hydrogen) atoms. The molecule has 1 atom stereocenters. The average molecular weight is 381 g/mol. The van der Waals surface area contributed by atoms with Gasteiger partial charge in [-0.15, -0.1) is 0 Å². The molecule has 0 heterocycles. The maximum Gasteiger partial charge on any atom is 0.317 e. The first-order chi connectivity index (χ1) is 11.2. The van der Waals surface area contributed by atoms with Crippen LogP contribution >= 0.6 is 28.5 Å². The van der Waals surface area contributed by atoms with Gasteiger partial charge in [0, 0.05) is 5.75 Å². The van der Waals surface area contributed by atoms with Gasteiger partial charge in [-0.2, -0.15) is 0 Å². The van der Waals surface area contributed by atoms with Crippen molar-refractivity contribution in [3.05, 3.63) is 11.5 Å². The van der Waals surface area contributed by atoms with Crippen LogP contribution in [-0.2, 0) is 9.09 Å². The molecule has 0 aliphatic rings. The first-order valence-electron chi connectivity index (χ1n) is 9.41. The molecule has 0 aliphatic carbocycles. The lowest BCUT2D eigenvalue weighted by molar-refractivity contribution is 0.335. The molecule has 1 unspecified atom stereocenters. The molecule has 0 saturated heterocycles. The van der Waals surface area contributed by atoms with Crippen LogP contribution < -0.4 is 0 Å². The minimum Gasteiger partial charge on any atom is -0.313 e. The molecule has 0 aromatic heterocycles. The van der Waals surface area contributed by atoms with Crippen molar-refractivity contribution in [3.63, 3.8) is 0 Å². The SMILES string of the molecule is CCCCCCCCCC/C=C/SP(=O)(OCCC)SCCC. The highest BCUT2D eigenvalue weighted by Gasteiger charge is 2.22. The molecular formula is C18H37O2PS2. The van der Waals surface area contributed by atoms with Gasteiger partial charge in [-0.05, 0) is 42.5 Å². The summed E-state index contributed by atoms with van der Waals surface area (Å²) in [4.78, 5) is 0. The Balaban J connectivity index is 3.72.